The Morgan fingerprint density at radius 3 is 2.85 bits per heavy atom. The highest BCUT2D eigenvalue weighted by Gasteiger charge is 2.05. The lowest BCUT2D eigenvalue weighted by Crippen LogP contribution is -2.04. The van der Waals surface area contributed by atoms with E-state index in [1.807, 2.05) is 7.05 Å². The quantitative estimate of drug-likeness (QED) is 0.684. The molecule has 4 heteroatoms. The molecule has 0 aromatic carbocycles. The van der Waals surface area contributed by atoms with Crippen LogP contribution in [0, 0.1) is 0 Å². The SMILES string of the molecule is CCCC(Cl)CCc1cnnn1C. The maximum Gasteiger partial charge on any atom is 0.0724 e. The molecule has 0 amide bonds. The van der Waals surface area contributed by atoms with E-state index in [1.165, 1.54) is 0 Å². The van der Waals surface area contributed by atoms with Gasteiger partial charge in [-0.3, -0.25) is 4.68 Å². The van der Waals surface area contributed by atoms with Crippen molar-refractivity contribution in [2.75, 3.05) is 0 Å². The normalized spacial score (nSPS) is 13.2. The molecule has 1 heterocycles. The molecule has 0 saturated carbocycles. The Bertz CT molecular complexity index is 247. The highest BCUT2D eigenvalue weighted by atomic mass is 35.5. The fourth-order valence-electron chi connectivity index (χ4n) is 1.30. The number of aromatic nitrogens is 3. The third kappa shape index (κ3) is 3.35. The lowest BCUT2D eigenvalue weighted by Gasteiger charge is -2.06. The Morgan fingerprint density at radius 2 is 2.31 bits per heavy atom. The van der Waals surface area contributed by atoms with E-state index in [0.717, 1.165) is 31.4 Å². The summed E-state index contributed by atoms with van der Waals surface area (Å²) >= 11 is 6.10. The second kappa shape index (κ2) is 5.22. The highest BCUT2D eigenvalue weighted by molar-refractivity contribution is 6.20. The van der Waals surface area contributed by atoms with Gasteiger partial charge in [-0.05, 0) is 19.3 Å². The van der Waals surface area contributed by atoms with Gasteiger partial charge in [0.15, 0.2) is 0 Å². The Balaban J connectivity index is 2.30. The van der Waals surface area contributed by atoms with Gasteiger partial charge in [0.25, 0.3) is 0 Å². The molecule has 0 aliphatic heterocycles. The average molecular weight is 202 g/mol. The molecule has 3 nitrogen and oxygen atoms in total. The largest absolute Gasteiger partial charge is 0.252 e. The summed E-state index contributed by atoms with van der Waals surface area (Å²) in [5, 5.41) is 7.97. The van der Waals surface area contributed by atoms with Crippen LogP contribution in [0.25, 0.3) is 0 Å². The van der Waals surface area contributed by atoms with Crippen molar-refractivity contribution in [1.29, 1.82) is 0 Å². The van der Waals surface area contributed by atoms with E-state index in [0.29, 0.717) is 5.38 Å². The summed E-state index contributed by atoms with van der Waals surface area (Å²) in [6.45, 7) is 2.15. The van der Waals surface area contributed by atoms with Crippen molar-refractivity contribution in [3.63, 3.8) is 0 Å². The topological polar surface area (TPSA) is 30.7 Å². The number of aryl methyl sites for hydroxylation is 2. The van der Waals surface area contributed by atoms with E-state index in [-0.39, 0.29) is 0 Å². The Morgan fingerprint density at radius 1 is 1.54 bits per heavy atom. The van der Waals surface area contributed by atoms with E-state index < -0.39 is 0 Å². The van der Waals surface area contributed by atoms with Gasteiger partial charge in [0.1, 0.15) is 0 Å². The van der Waals surface area contributed by atoms with Crippen LogP contribution in [-0.4, -0.2) is 20.4 Å². The van der Waals surface area contributed by atoms with E-state index in [2.05, 4.69) is 17.2 Å². The minimum absolute atomic E-state index is 0.292. The minimum atomic E-state index is 0.292. The number of halogens is 1. The molecule has 1 rings (SSSR count). The van der Waals surface area contributed by atoms with Gasteiger partial charge in [-0.15, -0.1) is 16.7 Å². The second-order valence-electron chi connectivity index (χ2n) is 3.27. The van der Waals surface area contributed by atoms with E-state index >= 15 is 0 Å². The first-order valence-corrected chi connectivity index (χ1v) is 5.15. The molecule has 0 radical (unpaired) electrons. The van der Waals surface area contributed by atoms with Gasteiger partial charge in [-0.2, -0.15) is 0 Å². The van der Waals surface area contributed by atoms with Crippen LogP contribution < -0.4 is 0 Å². The van der Waals surface area contributed by atoms with Gasteiger partial charge >= 0.3 is 0 Å². The van der Waals surface area contributed by atoms with Gasteiger partial charge in [-0.1, -0.05) is 18.6 Å². The van der Waals surface area contributed by atoms with Crippen LogP contribution in [0.3, 0.4) is 0 Å². The van der Waals surface area contributed by atoms with Crippen molar-refractivity contribution in [2.24, 2.45) is 7.05 Å². The van der Waals surface area contributed by atoms with Crippen molar-refractivity contribution in [3.8, 4) is 0 Å². The molecular weight excluding hydrogens is 186 g/mol. The van der Waals surface area contributed by atoms with Crippen molar-refractivity contribution < 1.29 is 0 Å². The molecule has 0 bridgehead atoms. The van der Waals surface area contributed by atoms with E-state index in [4.69, 9.17) is 11.6 Å². The monoisotopic (exact) mass is 201 g/mol. The molecule has 0 fully saturated rings. The average Bonchev–Trinajstić information content (AvgIpc) is 2.48. The summed E-state index contributed by atoms with van der Waals surface area (Å²) in [5.41, 5.74) is 1.15. The third-order valence-electron chi connectivity index (χ3n) is 2.12. The first-order chi connectivity index (χ1) is 6.24. The fourth-order valence-corrected chi connectivity index (χ4v) is 1.63. The van der Waals surface area contributed by atoms with E-state index in [1.54, 1.807) is 10.9 Å². The zero-order valence-electron chi connectivity index (χ0n) is 8.20. The summed E-state index contributed by atoms with van der Waals surface area (Å²) in [6.07, 6.45) is 6.02. The predicted molar refractivity (Wildman–Crippen MR) is 53.9 cm³/mol. The van der Waals surface area contributed by atoms with Gasteiger partial charge in [0.2, 0.25) is 0 Å². The van der Waals surface area contributed by atoms with Gasteiger partial charge in [0.05, 0.1) is 11.9 Å². The highest BCUT2D eigenvalue weighted by Crippen LogP contribution is 2.12. The van der Waals surface area contributed by atoms with Crippen LogP contribution in [0.15, 0.2) is 6.20 Å². The molecule has 0 N–H and O–H groups in total. The molecule has 1 aromatic rings. The van der Waals surface area contributed by atoms with E-state index in [9.17, 15) is 0 Å². The van der Waals surface area contributed by atoms with Gasteiger partial charge in [0, 0.05) is 12.4 Å². The first kappa shape index (κ1) is 10.5. The molecule has 0 aliphatic carbocycles. The number of rotatable bonds is 5. The molecule has 74 valence electrons. The minimum Gasteiger partial charge on any atom is -0.252 e. The molecule has 13 heavy (non-hydrogen) atoms. The smallest absolute Gasteiger partial charge is 0.0724 e. The lowest BCUT2D eigenvalue weighted by molar-refractivity contribution is 0.628. The lowest BCUT2D eigenvalue weighted by atomic mass is 10.1. The summed E-state index contributed by atoms with van der Waals surface area (Å²) in [6, 6.07) is 0. The van der Waals surface area contributed by atoms with Crippen LogP contribution in [0.4, 0.5) is 0 Å². The summed E-state index contributed by atoms with van der Waals surface area (Å²) in [5.74, 6) is 0. The number of hydrogen-bond donors (Lipinski definition) is 0. The molecule has 1 unspecified atom stereocenters. The number of alkyl halides is 1. The molecule has 0 saturated heterocycles. The number of nitrogens with zero attached hydrogens (tertiary/aromatic N) is 3. The molecule has 1 atom stereocenters. The number of hydrogen-bond acceptors (Lipinski definition) is 2. The second-order valence-corrected chi connectivity index (χ2v) is 3.89. The van der Waals surface area contributed by atoms with Gasteiger partial charge in [-0.25, -0.2) is 0 Å². The van der Waals surface area contributed by atoms with Gasteiger partial charge < -0.3 is 0 Å². The zero-order chi connectivity index (χ0) is 9.68. The molecule has 0 spiro atoms. The van der Waals surface area contributed by atoms with Crippen molar-refractivity contribution >= 4 is 11.6 Å². The zero-order valence-corrected chi connectivity index (χ0v) is 8.96. The predicted octanol–water partition coefficient (Wildman–Crippen LogP) is 2.16. The maximum atomic E-state index is 6.10. The molecule has 1 aromatic heterocycles. The third-order valence-corrected chi connectivity index (χ3v) is 2.56. The van der Waals surface area contributed by atoms with Crippen LogP contribution in [0.5, 0.6) is 0 Å². The first-order valence-electron chi connectivity index (χ1n) is 4.71. The van der Waals surface area contributed by atoms with Crippen LogP contribution in [-0.2, 0) is 13.5 Å². The maximum absolute atomic E-state index is 6.10. The summed E-state index contributed by atoms with van der Waals surface area (Å²) < 4.78 is 1.80. The Hall–Kier alpha value is -0.570. The summed E-state index contributed by atoms with van der Waals surface area (Å²) in [4.78, 5) is 0. The molecule has 0 aliphatic rings. The van der Waals surface area contributed by atoms with Crippen LogP contribution in [0.1, 0.15) is 31.9 Å². The fraction of sp³-hybridized carbons (Fsp3) is 0.778. The van der Waals surface area contributed by atoms with Crippen molar-refractivity contribution in [2.45, 2.75) is 38.0 Å². The Labute approximate surface area is 84.1 Å². The molecular formula is C9H16ClN3. The van der Waals surface area contributed by atoms with Crippen LogP contribution in [0.2, 0.25) is 0 Å². The van der Waals surface area contributed by atoms with Crippen LogP contribution >= 0.6 is 11.6 Å². The summed E-state index contributed by atoms with van der Waals surface area (Å²) in [7, 11) is 1.91. The van der Waals surface area contributed by atoms with Crippen molar-refractivity contribution in [1.82, 2.24) is 15.0 Å². The van der Waals surface area contributed by atoms with Crippen molar-refractivity contribution in [3.05, 3.63) is 11.9 Å². The standard InChI is InChI=1S/C9H16ClN3/c1-3-4-8(10)5-6-9-7-11-12-13(9)2/h7-8H,3-6H2,1-2H3. The Kier molecular flexibility index (Phi) is 4.22.